The van der Waals surface area contributed by atoms with E-state index in [2.05, 4.69) is 27.2 Å². The summed E-state index contributed by atoms with van der Waals surface area (Å²) < 4.78 is 0. The van der Waals surface area contributed by atoms with E-state index >= 15 is 0 Å². The number of carbonyl (C=O) groups is 1. The van der Waals surface area contributed by atoms with Crippen molar-refractivity contribution < 1.29 is 4.79 Å². The summed E-state index contributed by atoms with van der Waals surface area (Å²) in [6, 6.07) is 8.80. The highest BCUT2D eigenvalue weighted by molar-refractivity contribution is 5.87. The van der Waals surface area contributed by atoms with Gasteiger partial charge in [-0.2, -0.15) is 0 Å². The second kappa shape index (κ2) is 5.34. The molecule has 4 nitrogen and oxygen atoms in total. The Hall–Kier alpha value is -1.55. The van der Waals surface area contributed by atoms with E-state index in [0.717, 1.165) is 31.6 Å². The predicted molar refractivity (Wildman–Crippen MR) is 83.3 cm³/mol. The van der Waals surface area contributed by atoms with Crippen molar-refractivity contribution in [2.24, 2.45) is 0 Å². The highest BCUT2D eigenvalue weighted by Gasteiger charge is 2.36. The molecule has 3 heterocycles. The number of amides is 1. The lowest BCUT2D eigenvalue weighted by Crippen LogP contribution is -2.43. The Labute approximate surface area is 126 Å². The molecule has 3 aliphatic heterocycles. The Morgan fingerprint density at radius 2 is 1.95 bits per heavy atom. The van der Waals surface area contributed by atoms with Crippen LogP contribution in [0, 0.1) is 0 Å². The van der Waals surface area contributed by atoms with Crippen LogP contribution in [0.1, 0.15) is 24.8 Å². The van der Waals surface area contributed by atoms with Crippen molar-refractivity contribution in [3.05, 3.63) is 29.8 Å². The van der Waals surface area contributed by atoms with Gasteiger partial charge in [-0.05, 0) is 44.0 Å². The van der Waals surface area contributed by atoms with Gasteiger partial charge >= 0.3 is 0 Å². The molecule has 2 fully saturated rings. The van der Waals surface area contributed by atoms with E-state index in [0.29, 0.717) is 6.04 Å². The van der Waals surface area contributed by atoms with Crippen molar-refractivity contribution in [2.45, 2.75) is 37.8 Å². The van der Waals surface area contributed by atoms with E-state index in [4.69, 9.17) is 0 Å². The summed E-state index contributed by atoms with van der Waals surface area (Å²) in [4.78, 5) is 17.4. The van der Waals surface area contributed by atoms with Crippen molar-refractivity contribution in [3.8, 4) is 0 Å². The van der Waals surface area contributed by atoms with Crippen LogP contribution in [0.3, 0.4) is 0 Å². The first-order chi connectivity index (χ1) is 10.3. The van der Waals surface area contributed by atoms with Crippen molar-refractivity contribution in [1.82, 2.24) is 9.80 Å². The maximum Gasteiger partial charge on any atom is 0.245 e. The maximum atomic E-state index is 12.7. The van der Waals surface area contributed by atoms with E-state index in [1.807, 2.05) is 12.1 Å². The molecule has 1 aromatic rings. The number of nitrogens with zero attached hydrogens (tertiary/aromatic N) is 2. The molecule has 4 heteroatoms. The molecule has 2 atom stereocenters. The van der Waals surface area contributed by atoms with Crippen molar-refractivity contribution in [1.29, 1.82) is 0 Å². The van der Waals surface area contributed by atoms with E-state index in [-0.39, 0.29) is 11.9 Å². The van der Waals surface area contributed by atoms with E-state index in [1.54, 1.807) is 0 Å². The van der Waals surface area contributed by atoms with E-state index < -0.39 is 0 Å². The lowest BCUT2D eigenvalue weighted by molar-refractivity contribution is -0.131. The molecular weight excluding hydrogens is 262 g/mol. The molecule has 0 bridgehead atoms. The van der Waals surface area contributed by atoms with Gasteiger partial charge in [-0.25, -0.2) is 0 Å². The predicted octanol–water partition coefficient (Wildman–Crippen LogP) is 1.72. The summed E-state index contributed by atoms with van der Waals surface area (Å²) in [5.74, 6) is 0.285. The van der Waals surface area contributed by atoms with Gasteiger partial charge in [-0.3, -0.25) is 9.69 Å². The first-order valence-corrected chi connectivity index (χ1v) is 8.18. The lowest BCUT2D eigenvalue weighted by atomic mass is 10.1. The third-order valence-corrected chi connectivity index (χ3v) is 5.20. The normalized spacial score (nSPS) is 28.7. The smallest absolute Gasteiger partial charge is 0.245 e. The molecule has 0 radical (unpaired) electrons. The van der Waals surface area contributed by atoms with Crippen LogP contribution in [0.5, 0.6) is 0 Å². The average Bonchev–Trinajstić information content (AvgIpc) is 3.24. The standard InChI is InChI=1S/C17H23N3O/c21-17(16-11-13-5-1-2-6-15(13)18-16)20-10-7-14(12-20)19-8-3-4-9-19/h1-2,5-6,14,16,18H,3-4,7-12H2. The van der Waals surface area contributed by atoms with Crippen LogP contribution in [0.4, 0.5) is 5.69 Å². The van der Waals surface area contributed by atoms with Crippen LogP contribution in [-0.4, -0.2) is 54.0 Å². The van der Waals surface area contributed by atoms with Gasteiger partial charge in [0.1, 0.15) is 6.04 Å². The fourth-order valence-corrected chi connectivity index (χ4v) is 4.01. The summed E-state index contributed by atoms with van der Waals surface area (Å²) >= 11 is 0. The molecule has 0 spiro atoms. The molecule has 2 unspecified atom stereocenters. The molecule has 3 aliphatic rings. The Balaban J connectivity index is 1.38. The Kier molecular flexibility index (Phi) is 3.34. The van der Waals surface area contributed by atoms with E-state index in [1.165, 1.54) is 31.5 Å². The average molecular weight is 285 g/mol. The second-order valence-corrected chi connectivity index (χ2v) is 6.53. The van der Waals surface area contributed by atoms with Gasteiger partial charge in [0.05, 0.1) is 0 Å². The van der Waals surface area contributed by atoms with Crippen molar-refractivity contribution >= 4 is 11.6 Å². The number of nitrogens with one attached hydrogen (secondary N) is 1. The quantitative estimate of drug-likeness (QED) is 0.899. The molecule has 0 saturated carbocycles. The minimum atomic E-state index is -0.0558. The number of para-hydroxylation sites is 1. The minimum Gasteiger partial charge on any atom is -0.373 e. The zero-order chi connectivity index (χ0) is 14.2. The maximum absolute atomic E-state index is 12.7. The third kappa shape index (κ3) is 2.42. The van der Waals surface area contributed by atoms with Gasteiger partial charge < -0.3 is 10.2 Å². The van der Waals surface area contributed by atoms with E-state index in [9.17, 15) is 4.79 Å². The summed E-state index contributed by atoms with van der Waals surface area (Å²) in [6.45, 7) is 4.29. The minimum absolute atomic E-state index is 0.0558. The topological polar surface area (TPSA) is 35.6 Å². The monoisotopic (exact) mass is 285 g/mol. The molecule has 1 N–H and O–H groups in total. The zero-order valence-corrected chi connectivity index (χ0v) is 12.4. The Bertz CT molecular complexity index is 514. The van der Waals surface area contributed by atoms with Crippen LogP contribution in [0.2, 0.25) is 0 Å². The second-order valence-electron chi connectivity index (χ2n) is 6.53. The zero-order valence-electron chi connectivity index (χ0n) is 12.4. The Morgan fingerprint density at radius 3 is 2.76 bits per heavy atom. The van der Waals surface area contributed by atoms with Gasteiger partial charge in [0.2, 0.25) is 5.91 Å². The Morgan fingerprint density at radius 1 is 1.14 bits per heavy atom. The number of rotatable bonds is 2. The largest absolute Gasteiger partial charge is 0.373 e. The van der Waals surface area contributed by atoms with Crippen LogP contribution in [0.25, 0.3) is 0 Å². The molecule has 1 aromatic carbocycles. The van der Waals surface area contributed by atoms with Crippen molar-refractivity contribution in [2.75, 3.05) is 31.5 Å². The van der Waals surface area contributed by atoms with Gasteiger partial charge in [-0.15, -0.1) is 0 Å². The number of hydrogen-bond donors (Lipinski definition) is 1. The fraction of sp³-hybridized carbons (Fsp3) is 0.588. The summed E-state index contributed by atoms with van der Waals surface area (Å²) in [5.41, 5.74) is 2.40. The fourth-order valence-electron chi connectivity index (χ4n) is 4.01. The van der Waals surface area contributed by atoms with Crippen LogP contribution in [0.15, 0.2) is 24.3 Å². The molecule has 21 heavy (non-hydrogen) atoms. The van der Waals surface area contributed by atoms with Crippen LogP contribution in [-0.2, 0) is 11.2 Å². The number of hydrogen-bond acceptors (Lipinski definition) is 3. The third-order valence-electron chi connectivity index (χ3n) is 5.20. The highest BCUT2D eigenvalue weighted by atomic mass is 16.2. The number of fused-ring (bicyclic) bond motifs is 1. The highest BCUT2D eigenvalue weighted by Crippen LogP contribution is 2.27. The lowest BCUT2D eigenvalue weighted by Gasteiger charge is -2.25. The van der Waals surface area contributed by atoms with Crippen LogP contribution < -0.4 is 5.32 Å². The molecule has 4 rings (SSSR count). The molecule has 2 saturated heterocycles. The first kappa shape index (κ1) is 13.1. The number of benzene rings is 1. The SMILES string of the molecule is O=C(C1Cc2ccccc2N1)N1CCC(N2CCCC2)C1. The molecule has 112 valence electrons. The van der Waals surface area contributed by atoms with Gasteiger partial charge in [0, 0.05) is 31.2 Å². The van der Waals surface area contributed by atoms with Gasteiger partial charge in [0.25, 0.3) is 0 Å². The molecule has 0 aliphatic carbocycles. The summed E-state index contributed by atoms with van der Waals surface area (Å²) in [5, 5.41) is 3.39. The summed E-state index contributed by atoms with van der Waals surface area (Å²) in [6.07, 6.45) is 4.62. The number of carbonyl (C=O) groups excluding carboxylic acids is 1. The van der Waals surface area contributed by atoms with Crippen molar-refractivity contribution in [3.63, 3.8) is 0 Å². The number of anilines is 1. The number of likely N-dealkylation sites (tertiary alicyclic amines) is 2. The van der Waals surface area contributed by atoms with Crippen LogP contribution >= 0.6 is 0 Å². The summed E-state index contributed by atoms with van der Waals surface area (Å²) in [7, 11) is 0. The molecule has 1 amide bonds. The van der Waals surface area contributed by atoms with Gasteiger partial charge in [0.15, 0.2) is 0 Å². The molecular formula is C17H23N3O. The first-order valence-electron chi connectivity index (χ1n) is 8.18. The van der Waals surface area contributed by atoms with Gasteiger partial charge in [-0.1, -0.05) is 18.2 Å². The molecule has 0 aromatic heterocycles.